The highest BCUT2D eigenvalue weighted by Gasteiger charge is 2.20. The molecule has 2 N–H and O–H groups in total. The van der Waals surface area contributed by atoms with Crippen molar-refractivity contribution in [2.75, 3.05) is 43.9 Å². The van der Waals surface area contributed by atoms with Gasteiger partial charge in [0.15, 0.2) is 0 Å². The number of hydrogen-bond donors (Lipinski definition) is 2. The molecule has 8 heteroatoms. The van der Waals surface area contributed by atoms with Gasteiger partial charge in [0.2, 0.25) is 11.9 Å². The lowest BCUT2D eigenvalue weighted by Crippen LogP contribution is -2.47. The molecule has 2 heterocycles. The number of carbonyl (C=O) groups excluding carboxylic acids is 2. The average molecular weight is 431 g/mol. The van der Waals surface area contributed by atoms with E-state index in [0.29, 0.717) is 11.5 Å². The molecule has 2 amide bonds. The van der Waals surface area contributed by atoms with Crippen molar-refractivity contribution >= 4 is 29.1 Å². The number of likely N-dealkylation sites (N-methyl/N-ethyl adjacent to an activating group) is 1. The number of carbonyl (C=O) groups is 2. The maximum atomic E-state index is 12.9. The predicted molar refractivity (Wildman–Crippen MR) is 125 cm³/mol. The van der Waals surface area contributed by atoms with Crippen LogP contribution in [0.2, 0.25) is 0 Å². The first-order chi connectivity index (χ1) is 15.5. The van der Waals surface area contributed by atoms with Crippen LogP contribution in [0.25, 0.3) is 11.3 Å². The van der Waals surface area contributed by atoms with Gasteiger partial charge in [-0.05, 0) is 43.4 Å². The van der Waals surface area contributed by atoms with Crippen molar-refractivity contribution in [3.8, 4) is 11.3 Å². The molecule has 1 aliphatic rings. The highest BCUT2D eigenvalue weighted by Crippen LogP contribution is 2.22. The molecule has 2 aromatic carbocycles. The molecule has 0 spiro atoms. The number of anilines is 3. The second kappa shape index (κ2) is 9.57. The van der Waals surface area contributed by atoms with Crippen LogP contribution in [0, 0.1) is 0 Å². The zero-order valence-electron chi connectivity index (χ0n) is 18.2. The lowest BCUT2D eigenvalue weighted by atomic mass is 10.1. The second-order valence-corrected chi connectivity index (χ2v) is 7.83. The molecule has 0 bridgehead atoms. The molecule has 1 saturated heterocycles. The van der Waals surface area contributed by atoms with Crippen LogP contribution in [-0.4, -0.2) is 64.8 Å². The SMILES string of the molecule is CC(=O)Nc1ccc(-c2ccnc(Nc3cccc(C(=O)N4CCN(C)CC4)c3)n2)cc1. The van der Waals surface area contributed by atoms with E-state index >= 15 is 0 Å². The minimum absolute atomic E-state index is 0.0377. The largest absolute Gasteiger partial charge is 0.336 e. The summed E-state index contributed by atoms with van der Waals surface area (Å²) < 4.78 is 0. The van der Waals surface area contributed by atoms with E-state index in [1.165, 1.54) is 6.92 Å². The molecule has 8 nitrogen and oxygen atoms in total. The monoisotopic (exact) mass is 430 g/mol. The van der Waals surface area contributed by atoms with Gasteiger partial charge in [-0.2, -0.15) is 0 Å². The lowest BCUT2D eigenvalue weighted by molar-refractivity contribution is -0.114. The zero-order valence-corrected chi connectivity index (χ0v) is 18.2. The molecule has 0 aliphatic carbocycles. The molecule has 0 saturated carbocycles. The van der Waals surface area contributed by atoms with Gasteiger partial charge in [-0.3, -0.25) is 9.59 Å². The van der Waals surface area contributed by atoms with Crippen molar-refractivity contribution in [3.63, 3.8) is 0 Å². The van der Waals surface area contributed by atoms with Crippen LogP contribution in [0.15, 0.2) is 60.8 Å². The summed E-state index contributed by atoms with van der Waals surface area (Å²) in [6.45, 7) is 4.72. The highest BCUT2D eigenvalue weighted by atomic mass is 16.2. The van der Waals surface area contributed by atoms with Crippen molar-refractivity contribution in [3.05, 3.63) is 66.4 Å². The Morgan fingerprint density at radius 2 is 1.69 bits per heavy atom. The Labute approximate surface area is 187 Å². The molecule has 164 valence electrons. The summed E-state index contributed by atoms with van der Waals surface area (Å²) in [5.74, 6) is 0.368. The Morgan fingerprint density at radius 1 is 0.938 bits per heavy atom. The third-order valence-electron chi connectivity index (χ3n) is 5.31. The summed E-state index contributed by atoms with van der Waals surface area (Å²) in [7, 11) is 2.07. The van der Waals surface area contributed by atoms with Gasteiger partial charge < -0.3 is 20.4 Å². The Morgan fingerprint density at radius 3 is 2.41 bits per heavy atom. The van der Waals surface area contributed by atoms with E-state index in [-0.39, 0.29) is 11.8 Å². The number of amides is 2. The predicted octanol–water partition coefficient (Wildman–Crippen LogP) is 3.23. The van der Waals surface area contributed by atoms with Crippen LogP contribution in [0.5, 0.6) is 0 Å². The van der Waals surface area contributed by atoms with Crippen LogP contribution < -0.4 is 10.6 Å². The van der Waals surface area contributed by atoms with Gasteiger partial charge in [0, 0.05) is 61.8 Å². The first-order valence-electron chi connectivity index (χ1n) is 10.5. The van der Waals surface area contributed by atoms with Gasteiger partial charge in [-0.25, -0.2) is 9.97 Å². The molecule has 4 rings (SSSR count). The van der Waals surface area contributed by atoms with E-state index in [1.807, 2.05) is 59.5 Å². The first kappa shape index (κ1) is 21.5. The summed E-state index contributed by atoms with van der Waals surface area (Å²) in [6.07, 6.45) is 1.69. The quantitative estimate of drug-likeness (QED) is 0.646. The van der Waals surface area contributed by atoms with E-state index in [0.717, 1.165) is 48.8 Å². The summed E-state index contributed by atoms with van der Waals surface area (Å²) in [4.78, 5) is 37.1. The summed E-state index contributed by atoms with van der Waals surface area (Å²) >= 11 is 0. The van der Waals surface area contributed by atoms with Crippen LogP contribution in [0.4, 0.5) is 17.3 Å². The van der Waals surface area contributed by atoms with Crippen molar-refractivity contribution in [1.29, 1.82) is 0 Å². The van der Waals surface area contributed by atoms with E-state index in [9.17, 15) is 9.59 Å². The third kappa shape index (κ3) is 5.28. The standard InChI is InChI=1S/C24H26N6O2/c1-17(31)26-20-8-6-18(7-9-20)22-10-11-25-24(28-22)27-21-5-3-4-19(16-21)23(32)30-14-12-29(2)13-15-30/h3-11,16H,12-15H2,1-2H3,(H,26,31)(H,25,27,28). The van der Waals surface area contributed by atoms with E-state index in [1.54, 1.807) is 6.20 Å². The smallest absolute Gasteiger partial charge is 0.254 e. The van der Waals surface area contributed by atoms with Crippen molar-refractivity contribution in [2.45, 2.75) is 6.92 Å². The number of hydrogen-bond acceptors (Lipinski definition) is 6. The van der Waals surface area contributed by atoms with Gasteiger partial charge >= 0.3 is 0 Å². The minimum Gasteiger partial charge on any atom is -0.336 e. The number of benzene rings is 2. The molecule has 1 aromatic heterocycles. The highest BCUT2D eigenvalue weighted by molar-refractivity contribution is 5.95. The molecule has 0 atom stereocenters. The fourth-order valence-corrected chi connectivity index (χ4v) is 3.56. The van der Waals surface area contributed by atoms with Crippen LogP contribution in [0.1, 0.15) is 17.3 Å². The van der Waals surface area contributed by atoms with E-state index < -0.39 is 0 Å². The summed E-state index contributed by atoms with van der Waals surface area (Å²) in [6, 6.07) is 16.7. The summed E-state index contributed by atoms with van der Waals surface area (Å²) in [5.41, 5.74) is 3.79. The van der Waals surface area contributed by atoms with Gasteiger partial charge in [-0.15, -0.1) is 0 Å². The number of piperazine rings is 1. The fraction of sp³-hybridized carbons (Fsp3) is 0.250. The molecular weight excluding hydrogens is 404 g/mol. The number of nitrogens with zero attached hydrogens (tertiary/aromatic N) is 4. The fourth-order valence-electron chi connectivity index (χ4n) is 3.56. The minimum atomic E-state index is -0.111. The Hall–Kier alpha value is -3.78. The van der Waals surface area contributed by atoms with Crippen molar-refractivity contribution < 1.29 is 9.59 Å². The number of nitrogens with one attached hydrogen (secondary N) is 2. The van der Waals surface area contributed by atoms with Gasteiger partial charge in [-0.1, -0.05) is 18.2 Å². The molecule has 1 aliphatic heterocycles. The Bertz CT molecular complexity index is 1110. The lowest BCUT2D eigenvalue weighted by Gasteiger charge is -2.32. The van der Waals surface area contributed by atoms with E-state index in [2.05, 4.69) is 32.5 Å². The molecule has 32 heavy (non-hydrogen) atoms. The maximum absolute atomic E-state index is 12.9. The maximum Gasteiger partial charge on any atom is 0.254 e. The average Bonchev–Trinajstić information content (AvgIpc) is 2.80. The van der Waals surface area contributed by atoms with Crippen molar-refractivity contribution in [2.24, 2.45) is 0 Å². The zero-order chi connectivity index (χ0) is 22.5. The number of rotatable bonds is 5. The summed E-state index contributed by atoms with van der Waals surface area (Å²) in [5, 5.41) is 5.95. The molecule has 3 aromatic rings. The molecule has 1 fully saturated rings. The van der Waals surface area contributed by atoms with Crippen LogP contribution >= 0.6 is 0 Å². The molecule has 0 unspecified atom stereocenters. The normalized spacial score (nSPS) is 14.1. The van der Waals surface area contributed by atoms with Gasteiger partial charge in [0.25, 0.3) is 5.91 Å². The topological polar surface area (TPSA) is 90.5 Å². The second-order valence-electron chi connectivity index (χ2n) is 7.83. The first-order valence-corrected chi connectivity index (χ1v) is 10.5. The van der Waals surface area contributed by atoms with Crippen LogP contribution in [-0.2, 0) is 4.79 Å². The third-order valence-corrected chi connectivity index (χ3v) is 5.31. The molecule has 0 radical (unpaired) electrons. The Kier molecular flexibility index (Phi) is 6.42. The van der Waals surface area contributed by atoms with Crippen molar-refractivity contribution in [1.82, 2.24) is 19.8 Å². The van der Waals surface area contributed by atoms with E-state index in [4.69, 9.17) is 0 Å². The van der Waals surface area contributed by atoms with Crippen LogP contribution in [0.3, 0.4) is 0 Å². The number of aromatic nitrogens is 2. The van der Waals surface area contributed by atoms with Gasteiger partial charge in [0.05, 0.1) is 5.69 Å². The van der Waals surface area contributed by atoms with Gasteiger partial charge in [0.1, 0.15) is 0 Å². The molecular formula is C24H26N6O2. The Balaban J connectivity index is 1.47.